The maximum Gasteiger partial charge on any atom is 0.266 e. The fourth-order valence-corrected chi connectivity index (χ4v) is 3.52. The largest absolute Gasteiger partial charge is 0.367 e. The van der Waals surface area contributed by atoms with Crippen LogP contribution in [0.15, 0.2) is 42.5 Å². The standard InChI is InChI=1S/C19H17FN2O2/c20-15-9-6-10-16(17(15)21-11-4-1-5-12-21)22-18(23)13-7-2-3-8-14(13)19(22)24/h2-3,6-10H,1,4-5,11-12H2. The number of carbonyl (C=O) groups is 2. The molecular weight excluding hydrogens is 307 g/mol. The van der Waals surface area contributed by atoms with Crippen LogP contribution in [-0.4, -0.2) is 24.9 Å². The Kier molecular flexibility index (Phi) is 3.56. The zero-order valence-corrected chi connectivity index (χ0v) is 13.2. The molecule has 0 atom stereocenters. The van der Waals surface area contributed by atoms with E-state index in [4.69, 9.17) is 0 Å². The summed E-state index contributed by atoms with van der Waals surface area (Å²) in [5, 5.41) is 0. The van der Waals surface area contributed by atoms with Crippen molar-refractivity contribution in [2.75, 3.05) is 22.9 Å². The summed E-state index contributed by atoms with van der Waals surface area (Å²) < 4.78 is 14.6. The molecule has 2 aliphatic rings. The van der Waals surface area contributed by atoms with E-state index < -0.39 is 5.82 Å². The van der Waals surface area contributed by atoms with Crippen LogP contribution in [0.2, 0.25) is 0 Å². The second-order valence-electron chi connectivity index (χ2n) is 6.15. The molecule has 2 heterocycles. The average Bonchev–Trinajstić information content (AvgIpc) is 2.87. The number of nitrogens with zero attached hydrogens (tertiary/aromatic N) is 2. The minimum absolute atomic E-state index is 0.336. The first-order chi connectivity index (χ1) is 11.7. The van der Waals surface area contributed by atoms with Crippen molar-refractivity contribution in [1.82, 2.24) is 0 Å². The van der Waals surface area contributed by atoms with Gasteiger partial charge in [-0.25, -0.2) is 9.29 Å². The molecule has 2 amide bonds. The topological polar surface area (TPSA) is 40.6 Å². The highest BCUT2D eigenvalue weighted by atomic mass is 19.1. The summed E-state index contributed by atoms with van der Waals surface area (Å²) in [5.74, 6) is -1.18. The average molecular weight is 324 g/mol. The van der Waals surface area contributed by atoms with E-state index in [0.29, 0.717) is 22.5 Å². The number of hydrogen-bond donors (Lipinski definition) is 0. The number of imide groups is 1. The quantitative estimate of drug-likeness (QED) is 0.792. The van der Waals surface area contributed by atoms with Gasteiger partial charge in [0, 0.05) is 13.1 Å². The van der Waals surface area contributed by atoms with E-state index in [1.807, 2.05) is 4.90 Å². The van der Waals surface area contributed by atoms with Crippen LogP contribution in [0.1, 0.15) is 40.0 Å². The third-order valence-corrected chi connectivity index (χ3v) is 4.67. The Morgan fingerprint density at radius 2 is 1.42 bits per heavy atom. The van der Waals surface area contributed by atoms with Gasteiger partial charge in [-0.1, -0.05) is 18.2 Å². The highest BCUT2D eigenvalue weighted by Gasteiger charge is 2.38. The van der Waals surface area contributed by atoms with Gasteiger partial charge in [0.2, 0.25) is 0 Å². The molecule has 5 heteroatoms. The van der Waals surface area contributed by atoms with Crippen LogP contribution >= 0.6 is 0 Å². The van der Waals surface area contributed by atoms with Crippen LogP contribution in [0, 0.1) is 5.82 Å². The molecule has 0 N–H and O–H groups in total. The lowest BCUT2D eigenvalue weighted by Crippen LogP contribution is -2.35. The molecule has 4 nitrogen and oxygen atoms in total. The Labute approximate surface area is 139 Å². The summed E-state index contributed by atoms with van der Waals surface area (Å²) in [4.78, 5) is 28.5. The predicted molar refractivity (Wildman–Crippen MR) is 90.0 cm³/mol. The molecule has 0 aromatic heterocycles. The van der Waals surface area contributed by atoms with Crippen LogP contribution in [0.5, 0.6) is 0 Å². The van der Waals surface area contributed by atoms with Crippen LogP contribution in [-0.2, 0) is 0 Å². The highest BCUT2D eigenvalue weighted by Crippen LogP contribution is 2.38. The number of amides is 2. The number of halogens is 1. The molecule has 0 unspecified atom stereocenters. The van der Waals surface area contributed by atoms with E-state index in [1.165, 1.54) is 6.07 Å². The number of anilines is 2. The first-order valence-electron chi connectivity index (χ1n) is 8.20. The van der Waals surface area contributed by atoms with Crippen LogP contribution in [0.25, 0.3) is 0 Å². The van der Waals surface area contributed by atoms with Crippen LogP contribution in [0.4, 0.5) is 15.8 Å². The van der Waals surface area contributed by atoms with Gasteiger partial charge >= 0.3 is 0 Å². The SMILES string of the molecule is O=C1c2ccccc2C(=O)N1c1cccc(F)c1N1CCCCC1. The molecule has 0 saturated carbocycles. The van der Waals surface area contributed by atoms with Gasteiger partial charge in [0.05, 0.1) is 22.5 Å². The molecular formula is C19H17FN2O2. The summed E-state index contributed by atoms with van der Waals surface area (Å²) in [6.07, 6.45) is 3.08. The van der Waals surface area contributed by atoms with Gasteiger partial charge < -0.3 is 4.90 Å². The van der Waals surface area contributed by atoms with E-state index in [0.717, 1.165) is 37.3 Å². The van der Waals surface area contributed by atoms with Crippen molar-refractivity contribution in [3.63, 3.8) is 0 Å². The second-order valence-corrected chi connectivity index (χ2v) is 6.15. The van der Waals surface area contributed by atoms with Crippen LogP contribution in [0.3, 0.4) is 0 Å². The minimum Gasteiger partial charge on any atom is -0.367 e. The van der Waals surface area contributed by atoms with E-state index in [9.17, 15) is 14.0 Å². The Morgan fingerprint density at radius 1 is 0.792 bits per heavy atom. The molecule has 0 bridgehead atoms. The first-order valence-corrected chi connectivity index (χ1v) is 8.20. The Morgan fingerprint density at radius 3 is 2.04 bits per heavy atom. The number of piperidine rings is 1. The fraction of sp³-hybridized carbons (Fsp3) is 0.263. The molecule has 2 aliphatic heterocycles. The van der Waals surface area contributed by atoms with Gasteiger partial charge in [-0.3, -0.25) is 9.59 Å². The van der Waals surface area contributed by atoms with Gasteiger partial charge in [-0.15, -0.1) is 0 Å². The van der Waals surface area contributed by atoms with Crippen molar-refractivity contribution in [1.29, 1.82) is 0 Å². The Bertz CT molecular complexity index is 793. The van der Waals surface area contributed by atoms with Crippen molar-refractivity contribution in [3.8, 4) is 0 Å². The molecule has 122 valence electrons. The summed E-state index contributed by atoms with van der Waals surface area (Å²) in [6.45, 7) is 1.47. The Balaban J connectivity index is 1.82. The van der Waals surface area contributed by atoms with E-state index >= 15 is 0 Å². The molecule has 1 fully saturated rings. The fourth-order valence-electron chi connectivity index (χ4n) is 3.52. The number of para-hydroxylation sites is 1. The monoisotopic (exact) mass is 324 g/mol. The van der Waals surface area contributed by atoms with Crippen molar-refractivity contribution >= 4 is 23.2 Å². The number of benzene rings is 2. The Hall–Kier alpha value is -2.69. The summed E-state index contributed by atoms with van der Waals surface area (Å²) in [5.41, 5.74) is 1.43. The van der Waals surface area contributed by atoms with Crippen molar-refractivity contribution < 1.29 is 14.0 Å². The first kappa shape index (κ1) is 14.9. The van der Waals surface area contributed by atoms with Crippen molar-refractivity contribution in [3.05, 3.63) is 59.4 Å². The van der Waals surface area contributed by atoms with Gasteiger partial charge in [0.25, 0.3) is 11.8 Å². The lowest BCUT2D eigenvalue weighted by Gasteiger charge is -2.32. The lowest BCUT2D eigenvalue weighted by molar-refractivity contribution is 0.0926. The molecule has 0 aliphatic carbocycles. The summed E-state index contributed by atoms with van der Waals surface area (Å²) in [7, 11) is 0. The smallest absolute Gasteiger partial charge is 0.266 e. The van der Waals surface area contributed by atoms with Gasteiger partial charge in [0.15, 0.2) is 0 Å². The highest BCUT2D eigenvalue weighted by molar-refractivity contribution is 6.35. The number of hydrogen-bond acceptors (Lipinski definition) is 3. The van der Waals surface area contributed by atoms with E-state index in [2.05, 4.69) is 0 Å². The lowest BCUT2D eigenvalue weighted by atomic mass is 10.1. The van der Waals surface area contributed by atoms with Crippen LogP contribution < -0.4 is 9.80 Å². The van der Waals surface area contributed by atoms with Gasteiger partial charge in [-0.05, 0) is 43.5 Å². The number of carbonyl (C=O) groups excluding carboxylic acids is 2. The molecule has 24 heavy (non-hydrogen) atoms. The maximum absolute atomic E-state index is 14.6. The molecule has 4 rings (SSSR count). The molecule has 0 radical (unpaired) electrons. The third-order valence-electron chi connectivity index (χ3n) is 4.67. The zero-order valence-electron chi connectivity index (χ0n) is 13.2. The van der Waals surface area contributed by atoms with Crippen molar-refractivity contribution in [2.45, 2.75) is 19.3 Å². The molecule has 2 aromatic rings. The normalized spacial score (nSPS) is 17.4. The summed E-state index contributed by atoms with van der Waals surface area (Å²) >= 11 is 0. The summed E-state index contributed by atoms with van der Waals surface area (Å²) in [6, 6.07) is 11.3. The number of fused-ring (bicyclic) bond motifs is 1. The van der Waals surface area contributed by atoms with Gasteiger partial charge in [0.1, 0.15) is 5.82 Å². The van der Waals surface area contributed by atoms with E-state index in [1.54, 1.807) is 36.4 Å². The zero-order chi connectivity index (χ0) is 16.7. The molecule has 0 spiro atoms. The van der Waals surface area contributed by atoms with E-state index in [-0.39, 0.29) is 11.8 Å². The third kappa shape index (κ3) is 2.19. The molecule has 1 saturated heterocycles. The minimum atomic E-state index is -0.397. The van der Waals surface area contributed by atoms with Gasteiger partial charge in [-0.2, -0.15) is 0 Å². The predicted octanol–water partition coefficient (Wildman–Crippen LogP) is 3.62. The van der Waals surface area contributed by atoms with Crippen molar-refractivity contribution in [2.24, 2.45) is 0 Å². The second kappa shape index (κ2) is 5.74. The maximum atomic E-state index is 14.6. The molecule has 2 aromatic carbocycles. The number of rotatable bonds is 2.